The first-order chi connectivity index (χ1) is 12.1. The summed E-state index contributed by atoms with van der Waals surface area (Å²) in [5, 5.41) is 0. The van der Waals surface area contributed by atoms with E-state index in [1.807, 2.05) is 36.4 Å². The maximum absolute atomic E-state index is 12.4. The van der Waals surface area contributed by atoms with Gasteiger partial charge in [0.2, 0.25) is 5.91 Å². The van der Waals surface area contributed by atoms with Gasteiger partial charge in [-0.2, -0.15) is 0 Å². The van der Waals surface area contributed by atoms with Gasteiger partial charge < -0.3 is 14.5 Å². The molecule has 2 aromatic rings. The first kappa shape index (κ1) is 17.0. The van der Waals surface area contributed by atoms with Crippen molar-refractivity contribution in [2.45, 2.75) is 26.0 Å². The fraction of sp³-hybridized carbons (Fsp3) is 0.316. The zero-order chi connectivity index (χ0) is 17.8. The summed E-state index contributed by atoms with van der Waals surface area (Å²) in [6.45, 7) is 2.55. The molecule has 0 saturated heterocycles. The van der Waals surface area contributed by atoms with Crippen LogP contribution in [0, 0.1) is 0 Å². The maximum Gasteiger partial charge on any atom is 0.267 e. The molecule has 0 saturated carbocycles. The van der Waals surface area contributed by atoms with Crippen LogP contribution in [-0.4, -0.2) is 41.4 Å². The molecule has 2 amide bonds. The average molecular weight is 339 g/mol. The summed E-state index contributed by atoms with van der Waals surface area (Å²) >= 11 is 0. The van der Waals surface area contributed by atoms with E-state index in [1.54, 1.807) is 36.2 Å². The van der Waals surface area contributed by atoms with Gasteiger partial charge in [0, 0.05) is 39.0 Å². The lowest BCUT2D eigenvalue weighted by Gasteiger charge is -2.33. The number of nitrogens with zero attached hydrogens (tertiary/aromatic N) is 3. The van der Waals surface area contributed by atoms with Gasteiger partial charge in [0.25, 0.3) is 5.91 Å². The quantitative estimate of drug-likeness (QED) is 0.838. The van der Waals surface area contributed by atoms with Gasteiger partial charge in [0.15, 0.2) is 6.10 Å². The normalized spacial score (nSPS) is 16.2. The van der Waals surface area contributed by atoms with E-state index < -0.39 is 6.10 Å². The lowest BCUT2D eigenvalue weighted by Crippen LogP contribution is -2.45. The predicted octanol–water partition coefficient (Wildman–Crippen LogP) is 2.24. The smallest absolute Gasteiger partial charge is 0.267 e. The van der Waals surface area contributed by atoms with Gasteiger partial charge in [-0.25, -0.2) is 0 Å². The van der Waals surface area contributed by atoms with Crippen LogP contribution < -0.4 is 9.64 Å². The van der Waals surface area contributed by atoms with E-state index in [2.05, 4.69) is 4.98 Å². The molecule has 1 aliphatic rings. The van der Waals surface area contributed by atoms with E-state index in [9.17, 15) is 9.59 Å². The third-order valence-electron chi connectivity index (χ3n) is 4.19. The SMILES string of the molecule is CC1Oc2ccccc2N(CCC(=O)N(C)Cc2cccnc2)C1=O. The Balaban J connectivity index is 1.64. The number of para-hydroxylation sites is 2. The van der Waals surface area contributed by atoms with E-state index in [-0.39, 0.29) is 18.2 Å². The number of ether oxygens (including phenoxy) is 1. The molecule has 130 valence electrons. The van der Waals surface area contributed by atoms with Crippen molar-refractivity contribution in [3.8, 4) is 5.75 Å². The molecule has 0 spiro atoms. The van der Waals surface area contributed by atoms with Crippen molar-refractivity contribution in [1.82, 2.24) is 9.88 Å². The van der Waals surface area contributed by atoms with Gasteiger partial charge in [-0.05, 0) is 30.7 Å². The topological polar surface area (TPSA) is 62.7 Å². The molecule has 1 unspecified atom stereocenters. The molecule has 3 rings (SSSR count). The second kappa shape index (κ2) is 7.34. The molecular weight excluding hydrogens is 318 g/mol. The first-order valence-corrected chi connectivity index (χ1v) is 8.26. The monoisotopic (exact) mass is 339 g/mol. The Labute approximate surface area is 147 Å². The Hall–Kier alpha value is -2.89. The minimum absolute atomic E-state index is 0.0201. The number of fused-ring (bicyclic) bond motifs is 1. The summed E-state index contributed by atoms with van der Waals surface area (Å²) in [5.41, 5.74) is 1.69. The molecule has 6 heteroatoms. The highest BCUT2D eigenvalue weighted by Gasteiger charge is 2.31. The molecule has 0 bridgehead atoms. The zero-order valence-electron chi connectivity index (χ0n) is 14.4. The first-order valence-electron chi connectivity index (χ1n) is 8.26. The number of benzene rings is 1. The lowest BCUT2D eigenvalue weighted by molar-refractivity contribution is -0.130. The van der Waals surface area contributed by atoms with E-state index >= 15 is 0 Å². The van der Waals surface area contributed by atoms with Gasteiger partial charge in [-0.15, -0.1) is 0 Å². The highest BCUT2D eigenvalue weighted by atomic mass is 16.5. The molecule has 0 radical (unpaired) electrons. The van der Waals surface area contributed by atoms with Crippen LogP contribution in [0.2, 0.25) is 0 Å². The molecule has 1 aromatic heterocycles. The number of aromatic nitrogens is 1. The van der Waals surface area contributed by atoms with Crippen LogP contribution in [0.25, 0.3) is 0 Å². The number of anilines is 1. The number of carbonyl (C=O) groups excluding carboxylic acids is 2. The highest BCUT2D eigenvalue weighted by Crippen LogP contribution is 2.33. The summed E-state index contributed by atoms with van der Waals surface area (Å²) in [6.07, 6.45) is 3.16. The van der Waals surface area contributed by atoms with Gasteiger partial charge in [-0.3, -0.25) is 14.6 Å². The number of hydrogen-bond acceptors (Lipinski definition) is 4. The van der Waals surface area contributed by atoms with Crippen molar-refractivity contribution < 1.29 is 14.3 Å². The molecule has 2 heterocycles. The molecular formula is C19H21N3O3. The van der Waals surface area contributed by atoms with Gasteiger partial charge >= 0.3 is 0 Å². The number of carbonyl (C=O) groups is 2. The third kappa shape index (κ3) is 3.79. The summed E-state index contributed by atoms with van der Waals surface area (Å²) in [7, 11) is 1.76. The molecule has 1 aliphatic heterocycles. The van der Waals surface area contributed by atoms with E-state index in [0.717, 1.165) is 5.56 Å². The van der Waals surface area contributed by atoms with Crippen molar-refractivity contribution in [1.29, 1.82) is 0 Å². The Morgan fingerprint density at radius 2 is 2.08 bits per heavy atom. The molecule has 25 heavy (non-hydrogen) atoms. The summed E-state index contributed by atoms with van der Waals surface area (Å²) in [5.74, 6) is 0.528. The zero-order valence-corrected chi connectivity index (χ0v) is 14.4. The Kier molecular flexibility index (Phi) is 4.97. The van der Waals surface area contributed by atoms with Crippen LogP contribution in [0.3, 0.4) is 0 Å². The molecule has 1 atom stereocenters. The van der Waals surface area contributed by atoms with E-state index in [0.29, 0.717) is 24.5 Å². The number of hydrogen-bond donors (Lipinski definition) is 0. The molecule has 0 aliphatic carbocycles. The fourth-order valence-electron chi connectivity index (χ4n) is 2.84. The van der Waals surface area contributed by atoms with Gasteiger partial charge in [0.1, 0.15) is 5.75 Å². The lowest BCUT2D eigenvalue weighted by atomic mass is 10.1. The average Bonchev–Trinajstić information content (AvgIpc) is 2.62. The molecule has 0 fully saturated rings. The van der Waals surface area contributed by atoms with Crippen molar-refractivity contribution >= 4 is 17.5 Å². The van der Waals surface area contributed by atoms with Crippen molar-refractivity contribution in [3.63, 3.8) is 0 Å². The molecule has 6 nitrogen and oxygen atoms in total. The minimum atomic E-state index is -0.543. The van der Waals surface area contributed by atoms with Crippen molar-refractivity contribution in [3.05, 3.63) is 54.4 Å². The van der Waals surface area contributed by atoms with Crippen LogP contribution in [0.4, 0.5) is 5.69 Å². The number of rotatable bonds is 5. The van der Waals surface area contributed by atoms with Crippen LogP contribution in [0.1, 0.15) is 18.9 Å². The van der Waals surface area contributed by atoms with Crippen LogP contribution in [0.15, 0.2) is 48.8 Å². The second-order valence-corrected chi connectivity index (χ2v) is 6.08. The Morgan fingerprint density at radius 3 is 2.84 bits per heavy atom. The Morgan fingerprint density at radius 1 is 1.28 bits per heavy atom. The second-order valence-electron chi connectivity index (χ2n) is 6.08. The fourth-order valence-corrected chi connectivity index (χ4v) is 2.84. The third-order valence-corrected chi connectivity index (χ3v) is 4.19. The summed E-state index contributed by atoms with van der Waals surface area (Å²) in [4.78, 5) is 32.2. The standard InChI is InChI=1S/C19H21N3O3/c1-14-19(24)22(16-7-3-4-8-17(16)25-14)11-9-18(23)21(2)13-15-6-5-10-20-12-15/h3-8,10,12,14H,9,11,13H2,1-2H3. The van der Waals surface area contributed by atoms with E-state index in [1.165, 1.54) is 0 Å². The van der Waals surface area contributed by atoms with Gasteiger partial charge in [-0.1, -0.05) is 18.2 Å². The molecule has 0 N–H and O–H groups in total. The Bertz CT molecular complexity index is 764. The molecule has 1 aromatic carbocycles. The van der Waals surface area contributed by atoms with Crippen molar-refractivity contribution in [2.75, 3.05) is 18.5 Å². The van der Waals surface area contributed by atoms with Crippen LogP contribution in [-0.2, 0) is 16.1 Å². The minimum Gasteiger partial charge on any atom is -0.479 e. The summed E-state index contributed by atoms with van der Waals surface area (Å²) in [6, 6.07) is 11.2. The van der Waals surface area contributed by atoms with Gasteiger partial charge in [0.05, 0.1) is 5.69 Å². The largest absolute Gasteiger partial charge is 0.479 e. The maximum atomic E-state index is 12.4. The predicted molar refractivity (Wildman–Crippen MR) is 94.2 cm³/mol. The van der Waals surface area contributed by atoms with Crippen LogP contribution >= 0.6 is 0 Å². The highest BCUT2D eigenvalue weighted by molar-refractivity contribution is 6.00. The van der Waals surface area contributed by atoms with Crippen LogP contribution in [0.5, 0.6) is 5.75 Å². The number of amides is 2. The summed E-state index contributed by atoms with van der Waals surface area (Å²) < 4.78 is 5.61. The number of pyridine rings is 1. The van der Waals surface area contributed by atoms with E-state index in [4.69, 9.17) is 4.74 Å². The van der Waals surface area contributed by atoms with Crippen molar-refractivity contribution in [2.24, 2.45) is 0 Å².